The van der Waals surface area contributed by atoms with Gasteiger partial charge < -0.3 is 15.1 Å². The number of aromatic nitrogens is 3. The zero-order chi connectivity index (χ0) is 16.4. The van der Waals surface area contributed by atoms with Crippen molar-refractivity contribution in [3.05, 3.63) is 24.0 Å². The molecule has 0 unspecified atom stereocenters. The first kappa shape index (κ1) is 15.8. The van der Waals surface area contributed by atoms with Gasteiger partial charge >= 0.3 is 6.03 Å². The molecule has 0 aromatic carbocycles. The highest BCUT2D eigenvalue weighted by Gasteiger charge is 2.23. The topological polar surface area (TPSA) is 66.3 Å². The largest absolute Gasteiger partial charge is 0.345 e. The first-order valence-corrected chi connectivity index (χ1v) is 8.57. The molecule has 8 heteroatoms. The standard InChI is InChI=1S/C15H22N6OS/c1-15(2,3)21-11-12(10-17-21)18-13(22)19-5-7-20(8-6-19)14-16-4-9-23-14/h4,9-11H,5-8H2,1-3H3,(H,18,22). The van der Waals surface area contributed by atoms with Gasteiger partial charge in [-0.3, -0.25) is 4.68 Å². The van der Waals surface area contributed by atoms with Crippen LogP contribution in [0.3, 0.4) is 0 Å². The highest BCUT2D eigenvalue weighted by atomic mass is 32.1. The molecule has 7 nitrogen and oxygen atoms in total. The minimum Gasteiger partial charge on any atom is -0.345 e. The summed E-state index contributed by atoms with van der Waals surface area (Å²) in [6.45, 7) is 9.22. The van der Waals surface area contributed by atoms with Crippen molar-refractivity contribution in [2.45, 2.75) is 26.3 Å². The van der Waals surface area contributed by atoms with Crippen LogP contribution in [0.5, 0.6) is 0 Å². The zero-order valence-corrected chi connectivity index (χ0v) is 14.5. The summed E-state index contributed by atoms with van der Waals surface area (Å²) >= 11 is 1.63. The van der Waals surface area contributed by atoms with Crippen molar-refractivity contribution in [3.63, 3.8) is 0 Å². The van der Waals surface area contributed by atoms with Gasteiger partial charge in [-0.15, -0.1) is 11.3 Å². The summed E-state index contributed by atoms with van der Waals surface area (Å²) in [5.74, 6) is 0. The molecule has 1 N–H and O–H groups in total. The van der Waals surface area contributed by atoms with Gasteiger partial charge in [-0.25, -0.2) is 9.78 Å². The third-order valence-corrected chi connectivity index (χ3v) is 4.61. The Morgan fingerprint density at radius 2 is 2.00 bits per heavy atom. The van der Waals surface area contributed by atoms with Crippen molar-refractivity contribution in [2.24, 2.45) is 0 Å². The average Bonchev–Trinajstić information content (AvgIpc) is 3.18. The van der Waals surface area contributed by atoms with E-state index in [4.69, 9.17) is 0 Å². The predicted octanol–water partition coefficient (Wildman–Crippen LogP) is 2.45. The molecule has 0 saturated carbocycles. The summed E-state index contributed by atoms with van der Waals surface area (Å²) in [6.07, 6.45) is 5.37. The monoisotopic (exact) mass is 334 g/mol. The maximum Gasteiger partial charge on any atom is 0.322 e. The molecule has 0 radical (unpaired) electrons. The van der Waals surface area contributed by atoms with E-state index in [0.717, 1.165) is 23.9 Å². The van der Waals surface area contributed by atoms with E-state index in [1.54, 1.807) is 17.5 Å². The number of carbonyl (C=O) groups is 1. The molecule has 2 aromatic rings. The highest BCUT2D eigenvalue weighted by molar-refractivity contribution is 7.13. The molecule has 3 rings (SSSR count). The number of anilines is 2. The van der Waals surface area contributed by atoms with Crippen LogP contribution in [0.4, 0.5) is 15.6 Å². The van der Waals surface area contributed by atoms with Crippen LogP contribution in [0.2, 0.25) is 0 Å². The van der Waals surface area contributed by atoms with E-state index >= 15 is 0 Å². The number of thiazole rings is 1. The normalized spacial score (nSPS) is 15.8. The minimum absolute atomic E-state index is 0.0720. The quantitative estimate of drug-likeness (QED) is 0.916. The molecule has 0 atom stereocenters. The lowest BCUT2D eigenvalue weighted by Gasteiger charge is -2.34. The SMILES string of the molecule is CC(C)(C)n1cc(NC(=O)N2CCN(c3nccs3)CC2)cn1. The first-order chi connectivity index (χ1) is 10.9. The number of carbonyl (C=O) groups excluding carboxylic acids is 1. The number of nitrogens with one attached hydrogen (secondary N) is 1. The van der Waals surface area contributed by atoms with Crippen LogP contribution in [0.15, 0.2) is 24.0 Å². The molecule has 1 saturated heterocycles. The number of hydrogen-bond acceptors (Lipinski definition) is 5. The smallest absolute Gasteiger partial charge is 0.322 e. The highest BCUT2D eigenvalue weighted by Crippen LogP contribution is 2.20. The van der Waals surface area contributed by atoms with Gasteiger partial charge in [-0.1, -0.05) is 0 Å². The van der Waals surface area contributed by atoms with Crippen molar-refractivity contribution in [3.8, 4) is 0 Å². The maximum atomic E-state index is 12.4. The second-order valence-corrected chi connectivity index (χ2v) is 7.44. The summed E-state index contributed by atoms with van der Waals surface area (Å²) in [5, 5.41) is 10.2. The van der Waals surface area contributed by atoms with Gasteiger partial charge in [-0.05, 0) is 20.8 Å². The third-order valence-electron chi connectivity index (χ3n) is 3.78. The Morgan fingerprint density at radius 3 is 2.57 bits per heavy atom. The summed E-state index contributed by atoms with van der Waals surface area (Å²) < 4.78 is 1.85. The van der Waals surface area contributed by atoms with Crippen LogP contribution < -0.4 is 10.2 Å². The van der Waals surface area contributed by atoms with Crippen molar-refractivity contribution >= 4 is 28.2 Å². The number of rotatable bonds is 2. The number of nitrogens with zero attached hydrogens (tertiary/aromatic N) is 5. The average molecular weight is 334 g/mol. The Bertz CT molecular complexity index is 652. The number of hydrogen-bond donors (Lipinski definition) is 1. The van der Waals surface area contributed by atoms with Crippen LogP contribution in [0, 0.1) is 0 Å². The van der Waals surface area contributed by atoms with Gasteiger partial charge in [0.1, 0.15) is 0 Å². The molecule has 0 bridgehead atoms. The summed E-state index contributed by atoms with van der Waals surface area (Å²) in [5.41, 5.74) is 0.634. The van der Waals surface area contributed by atoms with Gasteiger partial charge in [0.2, 0.25) is 0 Å². The summed E-state index contributed by atoms with van der Waals surface area (Å²) in [7, 11) is 0. The minimum atomic E-state index is -0.0949. The fourth-order valence-corrected chi connectivity index (χ4v) is 3.13. The van der Waals surface area contributed by atoms with Crippen LogP contribution in [0.25, 0.3) is 0 Å². The summed E-state index contributed by atoms with van der Waals surface area (Å²) in [4.78, 5) is 20.7. The number of amides is 2. The molecule has 1 aliphatic heterocycles. The van der Waals surface area contributed by atoms with Crippen LogP contribution in [-0.4, -0.2) is 51.9 Å². The lowest BCUT2D eigenvalue weighted by molar-refractivity contribution is 0.208. The molecule has 3 heterocycles. The van der Waals surface area contributed by atoms with E-state index in [0.29, 0.717) is 13.1 Å². The van der Waals surface area contributed by atoms with Gasteiger partial charge in [0.25, 0.3) is 0 Å². The summed E-state index contributed by atoms with van der Waals surface area (Å²) in [6, 6.07) is -0.0720. The molecule has 1 fully saturated rings. The third kappa shape index (κ3) is 3.64. The van der Waals surface area contributed by atoms with E-state index in [1.165, 1.54) is 0 Å². The van der Waals surface area contributed by atoms with Crippen LogP contribution in [-0.2, 0) is 5.54 Å². The molecule has 2 aromatic heterocycles. The molecule has 0 aliphatic carbocycles. The zero-order valence-electron chi connectivity index (χ0n) is 13.7. The lowest BCUT2D eigenvalue weighted by atomic mass is 10.1. The Kier molecular flexibility index (Phi) is 4.25. The Hall–Kier alpha value is -2.09. The van der Waals surface area contributed by atoms with Gasteiger partial charge in [-0.2, -0.15) is 5.10 Å². The molecule has 0 spiro atoms. The van der Waals surface area contributed by atoms with Crippen molar-refractivity contribution < 1.29 is 4.79 Å². The number of urea groups is 1. The second-order valence-electron chi connectivity index (χ2n) is 6.56. The molecule has 1 aliphatic rings. The van der Waals surface area contributed by atoms with Crippen molar-refractivity contribution in [2.75, 3.05) is 36.4 Å². The Morgan fingerprint density at radius 1 is 1.26 bits per heavy atom. The van der Waals surface area contributed by atoms with E-state index in [2.05, 4.69) is 41.1 Å². The van der Waals surface area contributed by atoms with Gasteiger partial charge in [0, 0.05) is 44.0 Å². The number of piperazine rings is 1. The van der Waals surface area contributed by atoms with Gasteiger partial charge in [0.05, 0.1) is 17.4 Å². The fourth-order valence-electron chi connectivity index (χ4n) is 2.43. The van der Waals surface area contributed by atoms with E-state index < -0.39 is 0 Å². The lowest BCUT2D eigenvalue weighted by Crippen LogP contribution is -2.50. The van der Waals surface area contributed by atoms with Crippen molar-refractivity contribution in [1.29, 1.82) is 0 Å². The molecule has 23 heavy (non-hydrogen) atoms. The predicted molar refractivity (Wildman–Crippen MR) is 92.1 cm³/mol. The van der Waals surface area contributed by atoms with Crippen LogP contribution in [0.1, 0.15) is 20.8 Å². The first-order valence-electron chi connectivity index (χ1n) is 7.69. The van der Waals surface area contributed by atoms with E-state index in [1.807, 2.05) is 27.4 Å². The van der Waals surface area contributed by atoms with Crippen molar-refractivity contribution in [1.82, 2.24) is 19.7 Å². The van der Waals surface area contributed by atoms with Crippen LogP contribution >= 0.6 is 11.3 Å². The molecule has 124 valence electrons. The van der Waals surface area contributed by atoms with E-state index in [-0.39, 0.29) is 11.6 Å². The molecular weight excluding hydrogens is 312 g/mol. The van der Waals surface area contributed by atoms with Gasteiger partial charge in [0.15, 0.2) is 5.13 Å². The fraction of sp³-hybridized carbons (Fsp3) is 0.533. The molecular formula is C15H22N6OS. The van der Waals surface area contributed by atoms with E-state index in [9.17, 15) is 4.79 Å². The Balaban J connectivity index is 1.54. The molecule has 2 amide bonds. The second kappa shape index (κ2) is 6.19. The Labute approximate surface area is 139 Å². The maximum absolute atomic E-state index is 12.4.